The molecule has 1 heterocycles. The van der Waals surface area contributed by atoms with Crippen LogP contribution in [0.1, 0.15) is 31.4 Å². The smallest absolute Gasteiger partial charge is 0.230 e. The van der Waals surface area contributed by atoms with Crippen LogP contribution in [0.4, 0.5) is 5.69 Å². The first-order valence-corrected chi connectivity index (χ1v) is 9.52. The molecule has 0 aliphatic heterocycles. The number of hydrogen-bond acceptors (Lipinski definition) is 3. The van der Waals surface area contributed by atoms with E-state index in [-0.39, 0.29) is 5.91 Å². The van der Waals surface area contributed by atoms with Crippen LogP contribution in [0.2, 0.25) is 0 Å². The third-order valence-corrected chi connectivity index (χ3v) is 5.61. The van der Waals surface area contributed by atoms with Gasteiger partial charge < -0.3 is 9.88 Å². The second-order valence-electron chi connectivity index (χ2n) is 5.87. The first-order valence-electron chi connectivity index (χ1n) is 7.84. The molecular formula is C17H20BrN3OS. The molecule has 0 saturated heterocycles. The Bertz CT molecular complexity index is 742. The van der Waals surface area contributed by atoms with Gasteiger partial charge in [-0.15, -0.1) is 11.3 Å². The molecule has 1 aromatic heterocycles. The van der Waals surface area contributed by atoms with E-state index in [4.69, 9.17) is 4.99 Å². The number of nitrogens with one attached hydrogen (secondary N) is 1. The van der Waals surface area contributed by atoms with E-state index in [0.717, 1.165) is 20.7 Å². The summed E-state index contributed by atoms with van der Waals surface area (Å²) in [6, 6.07) is 8.06. The maximum atomic E-state index is 12.2. The maximum Gasteiger partial charge on any atom is 0.230 e. The molecule has 1 amide bonds. The maximum absolute atomic E-state index is 12.2. The number of thiazole rings is 1. The van der Waals surface area contributed by atoms with Gasteiger partial charge in [0.05, 0.1) is 12.5 Å². The van der Waals surface area contributed by atoms with Crippen LogP contribution in [0, 0.1) is 0 Å². The number of benzene rings is 1. The zero-order valence-corrected chi connectivity index (χ0v) is 15.5. The van der Waals surface area contributed by atoms with Gasteiger partial charge in [-0.25, -0.2) is 0 Å². The zero-order chi connectivity index (χ0) is 16.2. The van der Waals surface area contributed by atoms with Gasteiger partial charge >= 0.3 is 0 Å². The molecule has 6 heteroatoms. The van der Waals surface area contributed by atoms with E-state index < -0.39 is 0 Å². The van der Waals surface area contributed by atoms with Crippen LogP contribution in [0.5, 0.6) is 0 Å². The number of carbonyl (C=O) groups is 1. The van der Waals surface area contributed by atoms with E-state index >= 15 is 0 Å². The van der Waals surface area contributed by atoms with Crippen molar-refractivity contribution in [1.82, 2.24) is 4.57 Å². The van der Waals surface area contributed by atoms with E-state index in [9.17, 15) is 4.79 Å². The van der Waals surface area contributed by atoms with Crippen molar-refractivity contribution in [2.45, 2.75) is 38.1 Å². The Labute approximate surface area is 148 Å². The first kappa shape index (κ1) is 16.5. The molecule has 2 aromatic rings. The second-order valence-corrected chi connectivity index (χ2v) is 7.62. The normalized spacial score (nSPS) is 16.0. The molecule has 1 aromatic carbocycles. The molecule has 0 radical (unpaired) electrons. The summed E-state index contributed by atoms with van der Waals surface area (Å²) in [7, 11) is 1.99. The fourth-order valence-corrected chi connectivity index (χ4v) is 4.00. The molecular weight excluding hydrogens is 374 g/mol. The summed E-state index contributed by atoms with van der Waals surface area (Å²) in [6.07, 6.45) is 5.31. The van der Waals surface area contributed by atoms with Gasteiger partial charge in [0.15, 0.2) is 4.80 Å². The van der Waals surface area contributed by atoms with E-state index in [1.807, 2.05) is 41.3 Å². The van der Waals surface area contributed by atoms with Gasteiger partial charge in [-0.05, 0) is 37.1 Å². The highest BCUT2D eigenvalue weighted by atomic mass is 79.9. The Morgan fingerprint density at radius 3 is 2.74 bits per heavy atom. The minimum atomic E-state index is -0.00635. The molecule has 3 rings (SSSR count). The van der Waals surface area contributed by atoms with E-state index in [1.54, 1.807) is 11.3 Å². The third-order valence-electron chi connectivity index (χ3n) is 4.11. The lowest BCUT2D eigenvalue weighted by atomic mass is 10.3. The summed E-state index contributed by atoms with van der Waals surface area (Å²) in [5.74, 6) is -0.00635. The van der Waals surface area contributed by atoms with Crippen molar-refractivity contribution in [3.8, 4) is 0 Å². The van der Waals surface area contributed by atoms with Crippen LogP contribution in [-0.2, 0) is 18.3 Å². The Balaban J connectivity index is 1.66. The summed E-state index contributed by atoms with van der Waals surface area (Å²) >= 11 is 5.01. The average molecular weight is 394 g/mol. The first-order chi connectivity index (χ1) is 11.1. The number of aromatic nitrogens is 1. The van der Waals surface area contributed by atoms with Crippen LogP contribution in [0.25, 0.3) is 0 Å². The van der Waals surface area contributed by atoms with Crippen LogP contribution >= 0.6 is 27.3 Å². The monoisotopic (exact) mass is 393 g/mol. The molecule has 1 fully saturated rings. The SMILES string of the molecule is Cn1c(CC(=O)Nc2ccc(Br)cc2)csc1=NC1CCCC1. The number of anilines is 1. The van der Waals surface area contributed by atoms with Crippen LogP contribution in [-0.4, -0.2) is 16.5 Å². The van der Waals surface area contributed by atoms with Gasteiger partial charge in [-0.2, -0.15) is 0 Å². The molecule has 0 spiro atoms. The van der Waals surface area contributed by atoms with Crippen molar-refractivity contribution in [2.75, 3.05) is 5.32 Å². The van der Waals surface area contributed by atoms with Crippen LogP contribution in [0.3, 0.4) is 0 Å². The second kappa shape index (κ2) is 7.45. The van der Waals surface area contributed by atoms with Crippen LogP contribution in [0.15, 0.2) is 39.1 Å². The highest BCUT2D eigenvalue weighted by Crippen LogP contribution is 2.20. The van der Waals surface area contributed by atoms with Gasteiger partial charge in [0.25, 0.3) is 0 Å². The molecule has 1 N–H and O–H groups in total. The highest BCUT2D eigenvalue weighted by Gasteiger charge is 2.14. The Hall–Kier alpha value is -1.40. The minimum Gasteiger partial charge on any atom is -0.326 e. The standard InChI is InChI=1S/C17H20BrN3OS/c1-21-15(11-23-17(21)20-13-4-2-3-5-13)10-16(22)19-14-8-6-12(18)7-9-14/h6-9,11,13H,2-5,10H2,1H3,(H,19,22). The quantitative estimate of drug-likeness (QED) is 0.841. The largest absolute Gasteiger partial charge is 0.326 e. The fourth-order valence-electron chi connectivity index (χ4n) is 2.77. The highest BCUT2D eigenvalue weighted by molar-refractivity contribution is 9.10. The van der Waals surface area contributed by atoms with Crippen LogP contribution < -0.4 is 10.1 Å². The van der Waals surface area contributed by atoms with Gasteiger partial charge in [0, 0.05) is 28.3 Å². The Morgan fingerprint density at radius 2 is 2.04 bits per heavy atom. The Kier molecular flexibility index (Phi) is 5.33. The lowest BCUT2D eigenvalue weighted by Gasteiger charge is -2.06. The number of amides is 1. The number of hydrogen-bond donors (Lipinski definition) is 1. The molecule has 0 unspecified atom stereocenters. The molecule has 1 aliphatic rings. The molecule has 1 aliphatic carbocycles. The summed E-state index contributed by atoms with van der Waals surface area (Å²) < 4.78 is 3.04. The predicted octanol–water partition coefficient (Wildman–Crippen LogP) is 3.87. The Morgan fingerprint density at radius 1 is 1.35 bits per heavy atom. The van der Waals surface area contributed by atoms with E-state index in [0.29, 0.717) is 12.5 Å². The van der Waals surface area contributed by atoms with Gasteiger partial charge in [0.2, 0.25) is 5.91 Å². The van der Waals surface area contributed by atoms with Crippen molar-refractivity contribution in [2.24, 2.45) is 12.0 Å². The molecule has 23 heavy (non-hydrogen) atoms. The average Bonchev–Trinajstić information content (AvgIpc) is 3.15. The van der Waals surface area contributed by atoms with E-state index in [2.05, 4.69) is 21.2 Å². The van der Waals surface area contributed by atoms with Gasteiger partial charge in [-0.3, -0.25) is 9.79 Å². The molecule has 1 saturated carbocycles. The third kappa shape index (κ3) is 4.32. The number of halogens is 1. The zero-order valence-electron chi connectivity index (χ0n) is 13.1. The van der Waals surface area contributed by atoms with Crippen molar-refractivity contribution in [3.63, 3.8) is 0 Å². The lowest BCUT2D eigenvalue weighted by molar-refractivity contribution is -0.115. The van der Waals surface area contributed by atoms with Gasteiger partial charge in [-0.1, -0.05) is 28.8 Å². The molecule has 4 nitrogen and oxygen atoms in total. The summed E-state index contributed by atoms with van der Waals surface area (Å²) in [5.41, 5.74) is 1.81. The lowest BCUT2D eigenvalue weighted by Crippen LogP contribution is -2.20. The molecule has 0 bridgehead atoms. The molecule has 122 valence electrons. The molecule has 0 atom stereocenters. The van der Waals surface area contributed by atoms with Crippen molar-refractivity contribution in [1.29, 1.82) is 0 Å². The van der Waals surface area contributed by atoms with Crippen molar-refractivity contribution in [3.05, 3.63) is 44.6 Å². The summed E-state index contributed by atoms with van der Waals surface area (Å²) in [5, 5.41) is 4.96. The number of nitrogens with zero attached hydrogens (tertiary/aromatic N) is 2. The van der Waals surface area contributed by atoms with Gasteiger partial charge in [0.1, 0.15) is 0 Å². The van der Waals surface area contributed by atoms with Crippen molar-refractivity contribution < 1.29 is 4.79 Å². The summed E-state index contributed by atoms with van der Waals surface area (Å²) in [6.45, 7) is 0. The number of rotatable bonds is 4. The summed E-state index contributed by atoms with van der Waals surface area (Å²) in [4.78, 5) is 18.1. The fraction of sp³-hybridized carbons (Fsp3) is 0.412. The topological polar surface area (TPSA) is 46.4 Å². The van der Waals surface area contributed by atoms with E-state index in [1.165, 1.54) is 25.7 Å². The van der Waals surface area contributed by atoms with Crippen molar-refractivity contribution >= 4 is 38.9 Å². The minimum absolute atomic E-state index is 0.00635. The number of carbonyl (C=O) groups excluding carboxylic acids is 1. The predicted molar refractivity (Wildman–Crippen MR) is 97.6 cm³/mol.